The van der Waals surface area contributed by atoms with Crippen molar-refractivity contribution in [3.8, 4) is 11.5 Å². The van der Waals surface area contributed by atoms with E-state index in [1.807, 2.05) is 42.2 Å². The molecule has 9 heteroatoms. The minimum atomic E-state index is -1.11. The van der Waals surface area contributed by atoms with Gasteiger partial charge >= 0.3 is 0 Å². The van der Waals surface area contributed by atoms with Gasteiger partial charge in [-0.3, -0.25) is 9.69 Å². The van der Waals surface area contributed by atoms with Gasteiger partial charge in [-0.05, 0) is 87.3 Å². The van der Waals surface area contributed by atoms with Gasteiger partial charge in [-0.15, -0.1) is 11.3 Å². The Hall–Kier alpha value is -2.53. The van der Waals surface area contributed by atoms with E-state index < -0.39 is 28.6 Å². The Bertz CT molecular complexity index is 1670. The van der Waals surface area contributed by atoms with Gasteiger partial charge in [0.25, 0.3) is 0 Å². The van der Waals surface area contributed by atoms with Crippen LogP contribution in [-0.4, -0.2) is 82.8 Å². The first-order valence-electron chi connectivity index (χ1n) is 18.0. The van der Waals surface area contributed by atoms with E-state index in [0.29, 0.717) is 37.4 Å². The molecule has 3 fully saturated rings. The summed E-state index contributed by atoms with van der Waals surface area (Å²) in [4.78, 5) is 18.6. The zero-order chi connectivity index (χ0) is 35.0. The van der Waals surface area contributed by atoms with Gasteiger partial charge in [0.15, 0.2) is 5.78 Å². The van der Waals surface area contributed by atoms with Crippen LogP contribution in [0, 0.1) is 40.4 Å². The van der Waals surface area contributed by atoms with Crippen LogP contribution in [0.4, 0.5) is 0 Å². The number of ketones is 1. The lowest BCUT2D eigenvalue weighted by Crippen LogP contribution is -2.67. The first-order valence-corrected chi connectivity index (χ1v) is 18.8. The third kappa shape index (κ3) is 5.13. The van der Waals surface area contributed by atoms with Crippen molar-refractivity contribution in [2.75, 3.05) is 33.9 Å². The second-order valence-corrected chi connectivity index (χ2v) is 17.5. The summed E-state index contributed by atoms with van der Waals surface area (Å²) < 4.78 is 11.1. The summed E-state index contributed by atoms with van der Waals surface area (Å²) in [5, 5.41) is 44.5. The lowest BCUT2D eigenvalue weighted by molar-refractivity contribution is -0.177. The highest BCUT2D eigenvalue weighted by Gasteiger charge is 2.74. The minimum absolute atomic E-state index is 0.0263. The molecule has 8 nitrogen and oxygen atoms in total. The number of aliphatic hydroxyl groups excluding tert-OH is 3. The maximum atomic E-state index is 14.7. The number of thiophene rings is 1. The summed E-state index contributed by atoms with van der Waals surface area (Å²) in [7, 11) is 3.23. The number of hydrogen-bond acceptors (Lipinski definition) is 9. The Morgan fingerprint density at radius 1 is 1.02 bits per heavy atom. The Morgan fingerprint density at radius 3 is 2.45 bits per heavy atom. The molecule has 6 aliphatic rings. The van der Waals surface area contributed by atoms with Crippen molar-refractivity contribution in [2.45, 2.75) is 90.1 Å². The second kappa shape index (κ2) is 12.3. The van der Waals surface area contributed by atoms with E-state index in [0.717, 1.165) is 53.0 Å². The Kier molecular flexibility index (Phi) is 8.77. The number of benzene rings is 1. The Morgan fingerprint density at radius 2 is 1.76 bits per heavy atom. The number of ether oxygens (including phenoxy) is 2. The number of aryl methyl sites for hydroxylation is 1. The van der Waals surface area contributed by atoms with Crippen LogP contribution in [0.2, 0.25) is 0 Å². The van der Waals surface area contributed by atoms with Gasteiger partial charge in [-0.25, -0.2) is 0 Å². The Labute approximate surface area is 294 Å². The highest BCUT2D eigenvalue weighted by atomic mass is 32.1. The molecule has 1 aromatic heterocycles. The van der Waals surface area contributed by atoms with Gasteiger partial charge < -0.3 is 29.9 Å². The van der Waals surface area contributed by atoms with Crippen LogP contribution in [0.3, 0.4) is 0 Å². The van der Waals surface area contributed by atoms with E-state index in [9.17, 15) is 25.2 Å². The van der Waals surface area contributed by atoms with Crippen LogP contribution in [0.15, 0.2) is 54.1 Å². The van der Waals surface area contributed by atoms with E-state index in [-0.39, 0.29) is 41.6 Å². The van der Waals surface area contributed by atoms with Crippen molar-refractivity contribution >= 4 is 17.1 Å². The molecular formula is C40H53NO7S. The summed E-state index contributed by atoms with van der Waals surface area (Å²) in [6.07, 6.45) is 11.0. The summed E-state index contributed by atoms with van der Waals surface area (Å²) in [6.45, 7) is 7.20. The maximum absolute atomic E-state index is 14.7. The summed E-state index contributed by atoms with van der Waals surface area (Å²) >= 11 is 1.54. The zero-order valence-corrected chi connectivity index (χ0v) is 30.4. The lowest BCUT2D eigenvalue weighted by Gasteiger charge is -2.71. The SMILES string of the molecule is COc1ccc(CN(C[C@H](O)CO)C[C@]2(O)CC[C@H]3[C@]45C=C[C@@]6(C=C4C(=O)c4ccc(C)s4)CC(O)CC[C@]6(C)[C@H]5CC[C@@]32C)c(OC)c1. The van der Waals surface area contributed by atoms with E-state index in [2.05, 4.69) is 32.1 Å². The van der Waals surface area contributed by atoms with Crippen LogP contribution < -0.4 is 9.47 Å². The van der Waals surface area contributed by atoms with E-state index in [1.54, 1.807) is 25.6 Å². The first-order chi connectivity index (χ1) is 23.3. The van der Waals surface area contributed by atoms with Gasteiger partial charge in [0, 0.05) is 58.0 Å². The van der Waals surface area contributed by atoms with Gasteiger partial charge in [0.2, 0.25) is 0 Å². The van der Waals surface area contributed by atoms with Crippen molar-refractivity contribution in [2.24, 2.45) is 33.5 Å². The molecule has 1 unspecified atom stereocenters. The monoisotopic (exact) mass is 691 g/mol. The fourth-order valence-corrected chi connectivity index (χ4v) is 12.2. The van der Waals surface area contributed by atoms with Gasteiger partial charge in [0.05, 0.1) is 43.5 Å². The van der Waals surface area contributed by atoms with Crippen LogP contribution >= 0.6 is 11.3 Å². The fraction of sp³-hybridized carbons (Fsp3) is 0.625. The van der Waals surface area contributed by atoms with Crippen molar-refractivity contribution in [1.29, 1.82) is 0 Å². The Balaban J connectivity index is 1.28. The molecule has 266 valence electrons. The predicted molar refractivity (Wildman–Crippen MR) is 190 cm³/mol. The molecule has 2 aromatic rings. The van der Waals surface area contributed by atoms with Crippen molar-refractivity contribution < 1.29 is 34.7 Å². The van der Waals surface area contributed by atoms with Crippen LogP contribution in [0.25, 0.3) is 0 Å². The number of hydrogen-bond donors (Lipinski definition) is 4. The molecule has 49 heavy (non-hydrogen) atoms. The number of rotatable bonds is 11. The molecule has 0 saturated heterocycles. The molecule has 1 heterocycles. The predicted octanol–water partition coefficient (Wildman–Crippen LogP) is 5.70. The number of allylic oxidation sites excluding steroid dienone is 4. The number of nitrogens with zero attached hydrogens (tertiary/aromatic N) is 1. The number of methoxy groups -OCH3 is 2. The molecule has 9 atom stereocenters. The molecule has 1 aromatic carbocycles. The molecule has 2 spiro atoms. The van der Waals surface area contributed by atoms with Crippen LogP contribution in [0.5, 0.6) is 11.5 Å². The third-order valence-electron chi connectivity index (χ3n) is 14.0. The molecule has 4 N–H and O–H groups in total. The lowest BCUT2D eigenvalue weighted by atomic mass is 9.32. The standard InChI is InChI=1S/C40H53NO7S/c1-25-6-9-32(49-25)35(45)30-20-38-16-17-40(30)33(36(38,2)13-10-27(43)19-38)11-14-37(3)34(40)12-15-39(37,46)24-41(22-28(44)23-42)21-26-7-8-29(47-4)18-31(26)48-5/h6-9,16-18,20,27-28,33-34,42-44,46H,10-15,19,21-24H2,1-5H3/t27?,28-,33+,34+,36+,37-,38-,39+,40+/m0/s1. The summed E-state index contributed by atoms with van der Waals surface area (Å²) in [6, 6.07) is 9.63. The first kappa shape index (κ1) is 34.9. The van der Waals surface area contributed by atoms with Crippen molar-refractivity contribution in [3.63, 3.8) is 0 Å². The molecule has 8 rings (SSSR count). The average Bonchev–Trinajstić information content (AvgIpc) is 3.64. The topological polar surface area (TPSA) is 120 Å². The number of aliphatic hydroxyl groups is 4. The van der Waals surface area contributed by atoms with E-state index in [4.69, 9.17) is 9.47 Å². The highest BCUT2D eigenvalue weighted by molar-refractivity contribution is 7.14. The molecule has 3 saturated carbocycles. The average molecular weight is 692 g/mol. The number of carbonyl (C=O) groups excluding carboxylic acids is 1. The largest absolute Gasteiger partial charge is 0.497 e. The number of fused-ring (bicyclic) bond motifs is 1. The minimum Gasteiger partial charge on any atom is -0.497 e. The van der Waals surface area contributed by atoms with Crippen LogP contribution in [0.1, 0.15) is 78.9 Å². The zero-order valence-electron chi connectivity index (χ0n) is 29.6. The smallest absolute Gasteiger partial charge is 0.199 e. The van der Waals surface area contributed by atoms with Crippen molar-refractivity contribution in [1.82, 2.24) is 4.90 Å². The normalized spacial score (nSPS) is 38.1. The molecule has 0 radical (unpaired) electrons. The molecule has 2 bridgehead atoms. The van der Waals surface area contributed by atoms with Crippen molar-refractivity contribution in [3.05, 3.63) is 69.5 Å². The van der Waals surface area contributed by atoms with Crippen LogP contribution in [-0.2, 0) is 6.54 Å². The molecule has 6 aliphatic carbocycles. The van der Waals surface area contributed by atoms with Gasteiger partial charge in [0.1, 0.15) is 11.5 Å². The van der Waals surface area contributed by atoms with E-state index in [1.165, 1.54) is 0 Å². The third-order valence-corrected chi connectivity index (χ3v) is 15.0. The van der Waals surface area contributed by atoms with Gasteiger partial charge in [-0.2, -0.15) is 0 Å². The molecule has 0 aliphatic heterocycles. The number of carbonyl (C=O) groups is 1. The van der Waals surface area contributed by atoms with E-state index >= 15 is 0 Å². The summed E-state index contributed by atoms with van der Waals surface area (Å²) in [5.41, 5.74) is -0.862. The maximum Gasteiger partial charge on any atom is 0.199 e. The summed E-state index contributed by atoms with van der Waals surface area (Å²) in [5.74, 6) is 1.67. The quantitative estimate of drug-likeness (QED) is 0.175. The van der Waals surface area contributed by atoms with Gasteiger partial charge in [-0.1, -0.05) is 38.1 Å². The number of Topliss-reactive ketones (excluding diaryl/α,β-unsaturated/α-hetero) is 1. The second-order valence-electron chi connectivity index (χ2n) is 16.2. The molecule has 0 amide bonds. The molecular weight excluding hydrogens is 639 g/mol. The highest BCUT2D eigenvalue weighted by Crippen LogP contribution is 2.78. The fourth-order valence-electron chi connectivity index (χ4n) is 11.4.